The van der Waals surface area contributed by atoms with Gasteiger partial charge in [-0.25, -0.2) is 0 Å². The van der Waals surface area contributed by atoms with Gasteiger partial charge in [-0.15, -0.1) is 0 Å². The van der Waals surface area contributed by atoms with Crippen molar-refractivity contribution in [1.82, 2.24) is 0 Å². The summed E-state index contributed by atoms with van der Waals surface area (Å²) in [5.41, 5.74) is 3.52. The van der Waals surface area contributed by atoms with E-state index in [0.29, 0.717) is 31.1 Å². The summed E-state index contributed by atoms with van der Waals surface area (Å²) in [5, 5.41) is 0. The van der Waals surface area contributed by atoms with Gasteiger partial charge in [0.05, 0.1) is 6.61 Å². The fraction of sp³-hybridized carbons (Fsp3) is 0.316. The average Bonchev–Trinajstić information content (AvgIpc) is 2.50. The fourth-order valence-corrected chi connectivity index (χ4v) is 3.00. The second-order valence-electron chi connectivity index (χ2n) is 5.72. The van der Waals surface area contributed by atoms with Crippen molar-refractivity contribution in [3.8, 4) is 5.75 Å². The first-order valence-corrected chi connectivity index (χ1v) is 7.52. The third-order valence-corrected chi connectivity index (χ3v) is 4.21. The summed E-state index contributed by atoms with van der Waals surface area (Å²) in [6.07, 6.45) is 2.07. The summed E-state index contributed by atoms with van der Waals surface area (Å²) >= 11 is 0. The Balaban J connectivity index is 1.70. The van der Waals surface area contributed by atoms with E-state index >= 15 is 0 Å². The third kappa shape index (κ3) is 3.15. The van der Waals surface area contributed by atoms with Gasteiger partial charge in [0.15, 0.2) is 0 Å². The molecule has 0 saturated carbocycles. The molecule has 0 radical (unpaired) electrons. The molecule has 2 nitrogen and oxygen atoms in total. The van der Waals surface area contributed by atoms with E-state index in [0.717, 1.165) is 17.7 Å². The Labute approximate surface area is 125 Å². The highest BCUT2D eigenvalue weighted by Gasteiger charge is 2.23. The van der Waals surface area contributed by atoms with Crippen molar-refractivity contribution in [2.24, 2.45) is 0 Å². The lowest BCUT2D eigenvalue weighted by atomic mass is 9.87. The van der Waals surface area contributed by atoms with Crippen molar-refractivity contribution >= 4 is 5.78 Å². The van der Waals surface area contributed by atoms with E-state index in [-0.39, 0.29) is 0 Å². The minimum atomic E-state index is 0.298. The standard InChI is InChI=1S/C19H20O2/c1-14-6-2-3-7-15(14)12-17(20)13-16-10-11-21-19-9-5-4-8-18(16)19/h2-9,16H,10-13H2,1H3. The molecule has 0 aromatic heterocycles. The van der Waals surface area contributed by atoms with E-state index in [9.17, 15) is 4.79 Å². The molecule has 108 valence electrons. The van der Waals surface area contributed by atoms with Crippen molar-refractivity contribution in [3.63, 3.8) is 0 Å². The van der Waals surface area contributed by atoms with Crippen LogP contribution in [-0.2, 0) is 11.2 Å². The van der Waals surface area contributed by atoms with Crippen LogP contribution in [0.2, 0.25) is 0 Å². The number of fused-ring (bicyclic) bond motifs is 1. The first-order chi connectivity index (χ1) is 10.2. The fourth-order valence-electron chi connectivity index (χ4n) is 3.00. The number of ketones is 1. The third-order valence-electron chi connectivity index (χ3n) is 4.21. The maximum absolute atomic E-state index is 12.4. The number of hydrogen-bond donors (Lipinski definition) is 0. The van der Waals surface area contributed by atoms with E-state index in [1.807, 2.05) is 36.4 Å². The second kappa shape index (κ2) is 6.13. The van der Waals surface area contributed by atoms with Gasteiger partial charge in [0.1, 0.15) is 11.5 Å². The van der Waals surface area contributed by atoms with Crippen LogP contribution < -0.4 is 4.74 Å². The number of rotatable bonds is 4. The summed E-state index contributed by atoms with van der Waals surface area (Å²) in [7, 11) is 0. The van der Waals surface area contributed by atoms with Gasteiger partial charge in [-0.2, -0.15) is 0 Å². The van der Waals surface area contributed by atoms with E-state index < -0.39 is 0 Å². The van der Waals surface area contributed by atoms with E-state index in [1.54, 1.807) is 0 Å². The van der Waals surface area contributed by atoms with Crippen molar-refractivity contribution in [2.75, 3.05) is 6.61 Å². The molecule has 0 amide bonds. The van der Waals surface area contributed by atoms with Crippen LogP contribution >= 0.6 is 0 Å². The molecule has 0 N–H and O–H groups in total. The zero-order chi connectivity index (χ0) is 14.7. The van der Waals surface area contributed by atoms with Gasteiger partial charge in [0, 0.05) is 12.8 Å². The number of carbonyl (C=O) groups excluding carboxylic acids is 1. The summed E-state index contributed by atoms with van der Waals surface area (Å²) in [4.78, 5) is 12.4. The zero-order valence-electron chi connectivity index (χ0n) is 12.3. The summed E-state index contributed by atoms with van der Waals surface area (Å²) < 4.78 is 5.66. The van der Waals surface area contributed by atoms with Crippen molar-refractivity contribution in [2.45, 2.75) is 32.1 Å². The van der Waals surface area contributed by atoms with Crippen LogP contribution in [0.25, 0.3) is 0 Å². The Morgan fingerprint density at radius 1 is 1.14 bits per heavy atom. The van der Waals surface area contributed by atoms with Gasteiger partial charge in [-0.05, 0) is 42.0 Å². The number of Topliss-reactive ketones (excluding diaryl/α,β-unsaturated/α-hetero) is 1. The van der Waals surface area contributed by atoms with Gasteiger partial charge >= 0.3 is 0 Å². The number of hydrogen-bond acceptors (Lipinski definition) is 2. The maximum atomic E-state index is 12.4. The van der Waals surface area contributed by atoms with Crippen molar-refractivity contribution in [1.29, 1.82) is 0 Å². The lowest BCUT2D eigenvalue weighted by Crippen LogP contribution is -2.18. The maximum Gasteiger partial charge on any atom is 0.137 e. The minimum Gasteiger partial charge on any atom is -0.493 e. The molecule has 2 aromatic rings. The molecule has 3 rings (SSSR count). The van der Waals surface area contributed by atoms with Crippen LogP contribution in [0.4, 0.5) is 0 Å². The molecule has 1 unspecified atom stereocenters. The topological polar surface area (TPSA) is 26.3 Å². The quantitative estimate of drug-likeness (QED) is 0.844. The number of carbonyl (C=O) groups is 1. The van der Waals surface area contributed by atoms with Gasteiger partial charge in [-0.1, -0.05) is 42.5 Å². The lowest BCUT2D eigenvalue weighted by molar-refractivity contribution is -0.118. The van der Waals surface area contributed by atoms with Crippen LogP contribution in [0.1, 0.15) is 35.4 Å². The van der Waals surface area contributed by atoms with Gasteiger partial charge in [-0.3, -0.25) is 4.79 Å². The predicted octanol–water partition coefficient (Wildman–Crippen LogP) is 4.06. The highest BCUT2D eigenvalue weighted by atomic mass is 16.5. The minimum absolute atomic E-state index is 0.298. The molecule has 1 atom stereocenters. The van der Waals surface area contributed by atoms with Crippen LogP contribution in [0.3, 0.4) is 0 Å². The number of para-hydroxylation sites is 1. The molecule has 0 bridgehead atoms. The van der Waals surface area contributed by atoms with Crippen LogP contribution in [0, 0.1) is 6.92 Å². The molecule has 0 aliphatic carbocycles. The Hall–Kier alpha value is -2.09. The van der Waals surface area contributed by atoms with Gasteiger partial charge in [0.2, 0.25) is 0 Å². The molecular weight excluding hydrogens is 260 g/mol. The first kappa shape index (κ1) is 13.9. The molecule has 21 heavy (non-hydrogen) atoms. The molecule has 1 aliphatic rings. The normalized spacial score (nSPS) is 16.9. The highest BCUT2D eigenvalue weighted by Crippen LogP contribution is 2.35. The molecule has 2 heteroatoms. The molecule has 1 heterocycles. The Kier molecular flexibility index (Phi) is 4.05. The molecule has 2 aromatic carbocycles. The zero-order valence-corrected chi connectivity index (χ0v) is 12.3. The Morgan fingerprint density at radius 2 is 1.90 bits per heavy atom. The van der Waals surface area contributed by atoms with Gasteiger partial charge < -0.3 is 4.74 Å². The van der Waals surface area contributed by atoms with Crippen LogP contribution in [0.5, 0.6) is 5.75 Å². The summed E-state index contributed by atoms with van der Waals surface area (Å²) in [5.74, 6) is 1.55. The highest BCUT2D eigenvalue weighted by molar-refractivity contribution is 5.82. The molecule has 0 saturated heterocycles. The van der Waals surface area contributed by atoms with Crippen LogP contribution in [0.15, 0.2) is 48.5 Å². The van der Waals surface area contributed by atoms with E-state index in [1.165, 1.54) is 11.1 Å². The SMILES string of the molecule is Cc1ccccc1CC(=O)CC1CCOc2ccccc21. The smallest absolute Gasteiger partial charge is 0.137 e. The van der Waals surface area contributed by atoms with Crippen molar-refractivity contribution in [3.05, 3.63) is 65.2 Å². The number of benzene rings is 2. The number of ether oxygens (including phenoxy) is 1. The molecule has 0 fully saturated rings. The number of aryl methyl sites for hydroxylation is 1. The van der Waals surface area contributed by atoms with E-state index in [4.69, 9.17) is 4.74 Å². The largest absolute Gasteiger partial charge is 0.493 e. The Bertz CT molecular complexity index is 646. The monoisotopic (exact) mass is 280 g/mol. The van der Waals surface area contributed by atoms with Crippen molar-refractivity contribution < 1.29 is 9.53 Å². The average molecular weight is 280 g/mol. The Morgan fingerprint density at radius 3 is 2.76 bits per heavy atom. The van der Waals surface area contributed by atoms with E-state index in [2.05, 4.69) is 19.1 Å². The summed E-state index contributed by atoms with van der Waals surface area (Å²) in [6.45, 7) is 2.77. The second-order valence-corrected chi connectivity index (χ2v) is 5.72. The molecular formula is C19H20O2. The summed E-state index contributed by atoms with van der Waals surface area (Å²) in [6, 6.07) is 16.2. The molecule has 1 aliphatic heterocycles. The lowest BCUT2D eigenvalue weighted by Gasteiger charge is -2.25. The van der Waals surface area contributed by atoms with Gasteiger partial charge in [0.25, 0.3) is 0 Å². The predicted molar refractivity (Wildman–Crippen MR) is 83.8 cm³/mol. The van der Waals surface area contributed by atoms with Crippen LogP contribution in [-0.4, -0.2) is 12.4 Å². The first-order valence-electron chi connectivity index (χ1n) is 7.52. The molecule has 0 spiro atoms.